The van der Waals surface area contributed by atoms with Gasteiger partial charge in [-0.05, 0) is 121 Å². The molecule has 6 aromatic carbocycles. The average Bonchev–Trinajstić information content (AvgIpc) is 1.54. The van der Waals surface area contributed by atoms with Gasteiger partial charge in [-0.1, -0.05) is 124 Å². The number of ether oxygens (including phenoxy) is 4. The van der Waals surface area contributed by atoms with E-state index in [9.17, 15) is 29.7 Å². The number of carbonyl (C=O) groups excluding carboxylic acids is 4. The summed E-state index contributed by atoms with van der Waals surface area (Å²) in [4.78, 5) is 52.9. The van der Waals surface area contributed by atoms with Crippen LogP contribution >= 0.6 is 46.4 Å². The number of hydrogen-bond donors (Lipinski definition) is 4. The lowest BCUT2D eigenvalue weighted by Crippen LogP contribution is -2.45. The van der Waals surface area contributed by atoms with E-state index in [4.69, 9.17) is 65.4 Å². The van der Waals surface area contributed by atoms with Crippen LogP contribution in [0.25, 0.3) is 0 Å². The van der Waals surface area contributed by atoms with Gasteiger partial charge >= 0.3 is 11.9 Å². The SMILES string of the molecule is CCOC(=O)c1ccc(NC(=O)[C@@H]2N[C@H](CC(C)(C)C)[C@](C#N)(c3ccc(Cl)cc3F)[C@H]2c2cccc(Cl)c2F)c(OC)c1.CCOC(=O)c1ccc(NC(=O)[C@H]2N[C@@H](CC(C)(C)C)[C@](C#N)(c3ccc(Cl)cc3F)[C@H]2c2cccc(Cl)c2F)c(OC)c1. The maximum absolute atomic E-state index is 15.9. The Morgan fingerprint density at radius 3 is 1.23 bits per heavy atom. The van der Waals surface area contributed by atoms with Crippen LogP contribution in [0, 0.1) is 56.8 Å². The minimum atomic E-state index is -1.77. The van der Waals surface area contributed by atoms with Gasteiger partial charge in [-0.25, -0.2) is 27.2 Å². The molecule has 8 rings (SSSR count). The van der Waals surface area contributed by atoms with Crippen molar-refractivity contribution < 1.29 is 55.7 Å². The normalized spacial score (nSPS) is 21.4. The Kier molecular flexibility index (Phi) is 21.6. The van der Waals surface area contributed by atoms with E-state index in [0.29, 0.717) is 12.8 Å². The highest BCUT2D eigenvalue weighted by Crippen LogP contribution is 2.55. The molecule has 2 aliphatic heterocycles. The highest BCUT2D eigenvalue weighted by molar-refractivity contribution is 6.31. The number of nitriles is 2. The Bertz CT molecular complexity index is 3480. The molecule has 4 N–H and O–H groups in total. The van der Waals surface area contributed by atoms with Crippen molar-refractivity contribution in [2.45, 2.75) is 115 Å². The lowest BCUT2D eigenvalue weighted by molar-refractivity contribution is -0.119. The molecule has 6 aromatic rings. The zero-order chi connectivity index (χ0) is 64.8. The first-order valence-corrected chi connectivity index (χ1v) is 29.5. The first kappa shape index (κ1) is 68.1. The van der Waals surface area contributed by atoms with Crippen molar-refractivity contribution in [3.05, 3.63) is 186 Å². The zero-order valence-corrected chi connectivity index (χ0v) is 52.9. The third kappa shape index (κ3) is 14.2. The van der Waals surface area contributed by atoms with Gasteiger partial charge in [-0.3, -0.25) is 9.59 Å². The summed E-state index contributed by atoms with van der Waals surface area (Å²) in [5.74, 6) is -7.68. The number of anilines is 2. The first-order valence-electron chi connectivity index (χ1n) is 28.0. The number of esters is 2. The van der Waals surface area contributed by atoms with Crippen LogP contribution in [-0.4, -0.2) is 75.4 Å². The topological polar surface area (TPSA) is 201 Å². The molecule has 0 aromatic heterocycles. The Morgan fingerprint density at radius 1 is 0.557 bits per heavy atom. The number of benzene rings is 6. The van der Waals surface area contributed by atoms with Crippen LogP contribution in [0.5, 0.6) is 11.5 Å². The van der Waals surface area contributed by atoms with Gasteiger partial charge in [0.1, 0.15) is 45.6 Å². The Morgan fingerprint density at radius 2 is 0.920 bits per heavy atom. The van der Waals surface area contributed by atoms with E-state index in [2.05, 4.69) is 33.4 Å². The minimum absolute atomic E-state index is 0.0257. The summed E-state index contributed by atoms with van der Waals surface area (Å²) in [6.45, 7) is 15.4. The summed E-state index contributed by atoms with van der Waals surface area (Å²) in [5.41, 5.74) is -3.56. The maximum atomic E-state index is 15.9. The molecular weight excluding hydrogens is 1220 g/mol. The molecule has 0 aliphatic carbocycles. The van der Waals surface area contributed by atoms with E-state index in [1.54, 1.807) is 13.8 Å². The molecule has 0 radical (unpaired) electrons. The van der Waals surface area contributed by atoms with Crippen LogP contribution in [0.4, 0.5) is 28.9 Å². The molecular formula is C66H66Cl4F4N6O8. The van der Waals surface area contributed by atoms with E-state index in [-0.39, 0.29) is 89.6 Å². The first-order chi connectivity index (χ1) is 41.5. The van der Waals surface area contributed by atoms with Gasteiger partial charge in [0.05, 0.1) is 84.2 Å². The summed E-state index contributed by atoms with van der Waals surface area (Å²) in [7, 11) is 2.75. The molecule has 464 valence electrons. The van der Waals surface area contributed by atoms with Gasteiger partial charge in [-0.15, -0.1) is 0 Å². The Hall–Kier alpha value is -7.42. The molecule has 2 amide bonds. The van der Waals surface area contributed by atoms with Crippen molar-refractivity contribution in [3.63, 3.8) is 0 Å². The summed E-state index contributed by atoms with van der Waals surface area (Å²) in [6, 6.07) is 25.9. The monoisotopic (exact) mass is 1290 g/mol. The molecule has 88 heavy (non-hydrogen) atoms. The average molecular weight is 1290 g/mol. The van der Waals surface area contributed by atoms with Gasteiger partial charge in [0.15, 0.2) is 0 Å². The van der Waals surface area contributed by atoms with Crippen LogP contribution in [0.1, 0.15) is 123 Å². The molecule has 14 nitrogen and oxygen atoms in total. The highest BCUT2D eigenvalue weighted by Gasteiger charge is 2.63. The summed E-state index contributed by atoms with van der Waals surface area (Å²) in [5, 5.41) is 33.9. The van der Waals surface area contributed by atoms with Crippen LogP contribution in [0.3, 0.4) is 0 Å². The second-order valence-corrected chi connectivity index (χ2v) is 25.3. The molecule has 2 fully saturated rings. The lowest BCUT2D eigenvalue weighted by Gasteiger charge is -2.37. The fourth-order valence-electron chi connectivity index (χ4n) is 11.8. The predicted octanol–water partition coefficient (Wildman–Crippen LogP) is 14.8. The van der Waals surface area contributed by atoms with E-state index in [0.717, 1.165) is 12.1 Å². The van der Waals surface area contributed by atoms with Crippen molar-refractivity contribution in [2.24, 2.45) is 10.8 Å². The third-order valence-electron chi connectivity index (χ3n) is 15.4. The molecule has 0 spiro atoms. The van der Waals surface area contributed by atoms with Crippen LogP contribution in [0.2, 0.25) is 20.1 Å². The summed E-state index contributed by atoms with van der Waals surface area (Å²) in [6.07, 6.45) is 0.644. The second kappa shape index (κ2) is 28.0. The van der Waals surface area contributed by atoms with Crippen molar-refractivity contribution in [2.75, 3.05) is 38.1 Å². The predicted molar refractivity (Wildman–Crippen MR) is 330 cm³/mol. The van der Waals surface area contributed by atoms with E-state index >= 15 is 17.6 Å². The molecule has 0 unspecified atom stereocenters. The van der Waals surface area contributed by atoms with Crippen LogP contribution in [0.15, 0.2) is 109 Å². The lowest BCUT2D eigenvalue weighted by atomic mass is 9.62. The number of amides is 2. The molecule has 8 atom stereocenters. The van der Waals surface area contributed by atoms with Gasteiger partial charge in [0, 0.05) is 45.1 Å². The smallest absolute Gasteiger partial charge is 0.338 e. The van der Waals surface area contributed by atoms with Gasteiger partial charge in [0.2, 0.25) is 11.8 Å². The highest BCUT2D eigenvalue weighted by atomic mass is 35.5. The van der Waals surface area contributed by atoms with Gasteiger partial charge in [-0.2, -0.15) is 10.5 Å². The number of methoxy groups -OCH3 is 2. The Balaban J connectivity index is 0.000000251. The zero-order valence-electron chi connectivity index (χ0n) is 49.9. The molecule has 2 aliphatic rings. The fraction of sp³-hybridized carbons (Fsp3) is 0.364. The molecule has 0 saturated carbocycles. The van der Waals surface area contributed by atoms with Gasteiger partial charge < -0.3 is 40.2 Å². The maximum Gasteiger partial charge on any atom is 0.338 e. The van der Waals surface area contributed by atoms with Crippen molar-refractivity contribution in [1.82, 2.24) is 10.6 Å². The summed E-state index contributed by atoms with van der Waals surface area (Å²) < 4.78 is 84.3. The largest absolute Gasteiger partial charge is 0.495 e. The molecule has 22 heteroatoms. The molecule has 0 bridgehead atoms. The number of nitrogens with one attached hydrogen (secondary N) is 4. The Labute approximate surface area is 529 Å². The summed E-state index contributed by atoms with van der Waals surface area (Å²) >= 11 is 24.6. The number of nitrogens with zero attached hydrogens (tertiary/aromatic N) is 2. The second-order valence-electron chi connectivity index (χ2n) is 23.6. The standard InChI is InChI=1S/2C33H33Cl2F2N3O4/c2*1-6-44-31(42)18-10-13-24(25(14-18)43-5)39-30(41)29-27(20-8-7-9-22(35)28(20)37)33(17-38,26(40-29)16-32(2,3)4)21-12-11-19(34)15-23(21)36/h2*7-15,26-27,29,40H,6,16H2,1-5H3,(H,39,41)/t26-,27+,29-,33+;26-,27-,29-,33-/m10/s1. The fourth-order valence-corrected chi connectivity index (χ4v) is 12.5. The van der Waals surface area contributed by atoms with Crippen molar-refractivity contribution in [1.29, 1.82) is 10.5 Å². The van der Waals surface area contributed by atoms with Crippen LogP contribution in [-0.2, 0) is 29.9 Å². The third-order valence-corrected chi connectivity index (χ3v) is 16.5. The van der Waals surface area contributed by atoms with Gasteiger partial charge in [0.25, 0.3) is 0 Å². The quantitative estimate of drug-likeness (QED) is 0.0529. The van der Waals surface area contributed by atoms with Crippen molar-refractivity contribution >= 4 is 81.5 Å². The van der Waals surface area contributed by atoms with E-state index in [1.165, 1.54) is 111 Å². The number of rotatable bonds is 16. The minimum Gasteiger partial charge on any atom is -0.495 e. The molecule has 2 heterocycles. The van der Waals surface area contributed by atoms with Crippen molar-refractivity contribution in [3.8, 4) is 23.6 Å². The number of hydrogen-bond acceptors (Lipinski definition) is 12. The number of halogens is 8. The van der Waals surface area contributed by atoms with E-state index < -0.39 is 105 Å². The number of carbonyl (C=O) groups is 4. The van der Waals surface area contributed by atoms with Crippen LogP contribution < -0.4 is 30.7 Å². The van der Waals surface area contributed by atoms with E-state index in [1.807, 2.05) is 41.5 Å². The molecule has 2 saturated heterocycles.